The molecule has 0 unspecified atom stereocenters. The van der Waals surface area contributed by atoms with Crippen LogP contribution in [-0.4, -0.2) is 49.8 Å². The van der Waals surface area contributed by atoms with Crippen LogP contribution < -0.4 is 37.4 Å². The molecule has 8 nitrogen and oxygen atoms in total. The van der Waals surface area contributed by atoms with Crippen molar-refractivity contribution in [2.24, 2.45) is 0 Å². The molecule has 0 radical (unpaired) electrons. The monoisotopic (exact) mass is 974 g/mol. The third-order valence-electron chi connectivity index (χ3n) is 13.4. The van der Waals surface area contributed by atoms with E-state index in [2.05, 4.69) is 154 Å². The molecule has 8 heterocycles. The van der Waals surface area contributed by atoms with Crippen LogP contribution in [0.2, 0.25) is 0 Å². The average molecular weight is 973 g/mol. The molecule has 322 valence electrons. The molecule has 7 aromatic rings. The Kier molecular flexibility index (Phi) is 10.4. The van der Waals surface area contributed by atoms with E-state index in [4.69, 9.17) is 0 Å². The summed E-state index contributed by atoms with van der Waals surface area (Å²) in [6.07, 6.45) is 15.7. The van der Waals surface area contributed by atoms with E-state index in [-0.39, 0.29) is 40.7 Å². The van der Waals surface area contributed by atoms with E-state index in [9.17, 15) is 0 Å². The van der Waals surface area contributed by atoms with Gasteiger partial charge in [0.25, 0.3) is 0 Å². The molecule has 0 saturated heterocycles. The van der Waals surface area contributed by atoms with Crippen molar-refractivity contribution in [1.82, 2.24) is 19.9 Å². The number of nitrogens with zero attached hydrogens (tertiary/aromatic N) is 8. The van der Waals surface area contributed by atoms with Gasteiger partial charge in [-0.1, -0.05) is 0 Å². The summed E-state index contributed by atoms with van der Waals surface area (Å²) in [4.78, 5) is 28.6. The number of anilines is 4. The Morgan fingerprint density at radius 1 is 0.344 bits per heavy atom. The van der Waals surface area contributed by atoms with E-state index in [1.807, 2.05) is 49.6 Å². The number of aromatic nitrogens is 4. The van der Waals surface area contributed by atoms with Crippen molar-refractivity contribution in [2.75, 3.05) is 19.6 Å². The van der Waals surface area contributed by atoms with E-state index in [1.165, 1.54) is 87.3 Å². The minimum absolute atomic E-state index is 0.00376. The van der Waals surface area contributed by atoms with Crippen LogP contribution in [0.5, 0.6) is 0 Å². The van der Waals surface area contributed by atoms with Crippen molar-refractivity contribution in [3.63, 3.8) is 0 Å². The molecule has 4 bridgehead atoms. The Morgan fingerprint density at radius 3 is 0.797 bits per heavy atom. The molecule has 3 aromatic carbocycles. The van der Waals surface area contributed by atoms with Gasteiger partial charge < -0.3 is 0 Å². The molecule has 0 spiro atoms. The van der Waals surface area contributed by atoms with Gasteiger partial charge in [-0.05, 0) is 0 Å². The van der Waals surface area contributed by atoms with Crippen LogP contribution in [0.1, 0.15) is 97.2 Å². The quantitative estimate of drug-likeness (QED) is 0.171. The second-order valence-electron chi connectivity index (χ2n) is 19.8. The van der Waals surface area contributed by atoms with Crippen LogP contribution >= 0.6 is 0 Å². The molecule has 0 saturated carbocycles. The van der Waals surface area contributed by atoms with Crippen molar-refractivity contribution in [3.05, 3.63) is 178 Å². The van der Waals surface area contributed by atoms with Crippen molar-refractivity contribution >= 4 is 70.5 Å². The molecule has 64 heavy (non-hydrogen) atoms. The van der Waals surface area contributed by atoms with E-state index in [0.717, 1.165) is 52.4 Å². The topological polar surface area (TPSA) is 64.5 Å². The first-order chi connectivity index (χ1) is 30.9. The normalized spacial score (nSPS) is 15.8. The molecule has 0 aliphatic carbocycles. The fraction of sp³-hybridized carbons (Fsp3) is 0.296. The zero-order valence-corrected chi connectivity index (χ0v) is 41.0. The number of pyridine rings is 4. The maximum atomic E-state index is 4.50. The van der Waals surface area contributed by atoms with Gasteiger partial charge >= 0.3 is 393 Å². The molecule has 4 aromatic heterocycles. The summed E-state index contributed by atoms with van der Waals surface area (Å²) in [7, 11) is 0. The van der Waals surface area contributed by atoms with Gasteiger partial charge in [0.05, 0.1) is 0 Å². The molecule has 4 aliphatic heterocycles. The van der Waals surface area contributed by atoms with Gasteiger partial charge in [-0.25, -0.2) is 0 Å². The molecule has 11 rings (SSSR count). The van der Waals surface area contributed by atoms with E-state index in [1.54, 1.807) is 8.92 Å². The Bertz CT molecular complexity index is 2510. The summed E-state index contributed by atoms with van der Waals surface area (Å²) >= 11 is 0.134. The van der Waals surface area contributed by atoms with Gasteiger partial charge in [0.15, 0.2) is 0 Å². The first kappa shape index (κ1) is 41.2. The number of hydrogen-bond donors (Lipinski definition) is 0. The molecular formula is C54H54N8Se2. The minimum atomic E-state index is 0.00376. The van der Waals surface area contributed by atoms with Crippen LogP contribution in [0.4, 0.5) is 22.7 Å². The number of fused-ring (bicyclic) bond motifs is 2. The summed E-state index contributed by atoms with van der Waals surface area (Å²) in [6, 6.07) is 27.9. The van der Waals surface area contributed by atoms with Crippen LogP contribution in [0.15, 0.2) is 122 Å². The van der Waals surface area contributed by atoms with Gasteiger partial charge in [-0.3, -0.25) is 0 Å². The van der Waals surface area contributed by atoms with Crippen LogP contribution in [-0.2, 0) is 63.2 Å². The number of hydrogen-bond acceptors (Lipinski definition) is 8. The Balaban J connectivity index is 1.25. The summed E-state index contributed by atoms with van der Waals surface area (Å²) in [5, 5.41) is 0. The van der Waals surface area contributed by atoms with Gasteiger partial charge in [0.2, 0.25) is 0 Å². The van der Waals surface area contributed by atoms with Crippen molar-refractivity contribution in [3.8, 4) is 0 Å². The molecular weight excluding hydrogens is 919 g/mol. The van der Waals surface area contributed by atoms with Crippen LogP contribution in [0.25, 0.3) is 0 Å². The average Bonchev–Trinajstić information content (AvgIpc) is 3.26. The molecule has 0 amide bonds. The maximum absolute atomic E-state index is 4.50. The molecule has 0 N–H and O–H groups in total. The van der Waals surface area contributed by atoms with Crippen molar-refractivity contribution in [2.45, 2.75) is 105 Å². The van der Waals surface area contributed by atoms with E-state index in [0.29, 0.717) is 0 Å². The summed E-state index contributed by atoms with van der Waals surface area (Å²) in [5.74, 6) is 0. The van der Waals surface area contributed by atoms with Crippen LogP contribution in [0.3, 0.4) is 0 Å². The molecule has 4 aliphatic rings. The Morgan fingerprint density at radius 2 is 0.578 bits per heavy atom. The van der Waals surface area contributed by atoms with E-state index >= 15 is 0 Å². The predicted molar refractivity (Wildman–Crippen MR) is 263 cm³/mol. The predicted octanol–water partition coefficient (Wildman–Crippen LogP) is 7.25. The van der Waals surface area contributed by atoms with E-state index < -0.39 is 0 Å². The Hall–Kier alpha value is -5.50. The Labute approximate surface area is 390 Å². The fourth-order valence-corrected chi connectivity index (χ4v) is 15.5. The number of rotatable bonds is 4. The molecule has 10 heteroatoms. The van der Waals surface area contributed by atoms with Crippen molar-refractivity contribution < 1.29 is 0 Å². The zero-order valence-electron chi connectivity index (χ0n) is 37.6. The fourth-order valence-electron chi connectivity index (χ4n) is 9.90. The SMILES string of the molecule is CC(C)(C)c1cc2c3c(c1)CN(c1ccncc1)Cc1c4c5c(c(c1[Se]3)CN(c1ccncc1)C2)CN(c1ccncc1)Cc1cc(C(C)(C)C)cc(c1[Se]5)CN(c1ccncc1)C4. The molecule has 0 atom stereocenters. The van der Waals surface area contributed by atoms with Crippen LogP contribution in [0, 0.1) is 0 Å². The van der Waals surface area contributed by atoms with Gasteiger partial charge in [-0.15, -0.1) is 0 Å². The zero-order chi connectivity index (χ0) is 43.7. The summed E-state index contributed by atoms with van der Waals surface area (Å²) in [5.41, 5.74) is 19.6. The third kappa shape index (κ3) is 7.68. The third-order valence-corrected chi connectivity index (χ3v) is 19.4. The summed E-state index contributed by atoms with van der Waals surface area (Å²) in [6.45, 7) is 20.9. The van der Waals surface area contributed by atoms with Gasteiger partial charge in [0, 0.05) is 0 Å². The second-order valence-corrected chi connectivity index (χ2v) is 24.1. The van der Waals surface area contributed by atoms with Gasteiger partial charge in [-0.2, -0.15) is 0 Å². The first-order valence-corrected chi connectivity index (χ1v) is 25.8. The van der Waals surface area contributed by atoms with Crippen molar-refractivity contribution in [1.29, 1.82) is 0 Å². The standard InChI is InChI=1S/C54H54N8Se2/c1-53(2,3)39-23-35-27-59(41-7-15-55-16-8-41)31-45-47-33-61(43-11-19-57-20-12-43)29-37-25-40(54(4,5)6)26-38-30-62(44-13-21-58-22-14-44)34-48(52(47)64-50(37)38)46-32-60(42-9-17-56-18-10-42)28-36(24-39)49(35)63-51(45)46/h7-26H,27-34H2,1-6H3. The first-order valence-electron chi connectivity index (χ1n) is 22.4. The number of benzene rings is 3. The summed E-state index contributed by atoms with van der Waals surface area (Å²) < 4.78 is 6.20. The molecule has 0 fully saturated rings. The second kappa shape index (κ2) is 16.2. The van der Waals surface area contributed by atoms with Gasteiger partial charge in [0.1, 0.15) is 0 Å².